The van der Waals surface area contributed by atoms with Crippen LogP contribution in [0.15, 0.2) is 72.8 Å². The SMILES string of the molecule is O=C(CCCCC=C(COc1cccc2ccccc12)C(=O)NCCCn1ccnc1)NOC1CCCCO1. The summed E-state index contributed by atoms with van der Waals surface area (Å²) in [5.41, 5.74) is 3.07. The lowest BCUT2D eigenvalue weighted by Crippen LogP contribution is -2.32. The van der Waals surface area contributed by atoms with Gasteiger partial charge in [0.15, 0.2) is 6.29 Å². The van der Waals surface area contributed by atoms with Crippen molar-refractivity contribution < 1.29 is 23.9 Å². The molecule has 208 valence electrons. The zero-order valence-electron chi connectivity index (χ0n) is 22.3. The summed E-state index contributed by atoms with van der Waals surface area (Å²) >= 11 is 0. The van der Waals surface area contributed by atoms with Gasteiger partial charge in [-0.3, -0.25) is 9.59 Å². The first-order chi connectivity index (χ1) is 19.2. The molecule has 0 spiro atoms. The Hall–Kier alpha value is -3.69. The summed E-state index contributed by atoms with van der Waals surface area (Å²) in [5, 5.41) is 5.10. The average molecular weight is 535 g/mol. The van der Waals surface area contributed by atoms with Crippen LogP contribution < -0.4 is 15.5 Å². The Morgan fingerprint density at radius 3 is 2.85 bits per heavy atom. The van der Waals surface area contributed by atoms with Gasteiger partial charge in [0.2, 0.25) is 11.8 Å². The molecule has 9 heteroatoms. The number of benzene rings is 2. The third-order valence-electron chi connectivity index (χ3n) is 6.55. The third kappa shape index (κ3) is 9.53. The molecule has 1 fully saturated rings. The average Bonchev–Trinajstić information content (AvgIpc) is 3.50. The number of hydrogen-bond acceptors (Lipinski definition) is 6. The van der Waals surface area contributed by atoms with Crippen LogP contribution in [0.4, 0.5) is 0 Å². The van der Waals surface area contributed by atoms with Gasteiger partial charge in [0.25, 0.3) is 0 Å². The van der Waals surface area contributed by atoms with Gasteiger partial charge in [-0.2, -0.15) is 0 Å². The highest BCUT2D eigenvalue weighted by Gasteiger charge is 2.16. The molecule has 1 aromatic heterocycles. The molecule has 1 aliphatic rings. The number of hydroxylamine groups is 1. The number of unbranched alkanes of at least 4 members (excludes halogenated alkanes) is 2. The van der Waals surface area contributed by atoms with Gasteiger partial charge < -0.3 is 19.4 Å². The lowest BCUT2D eigenvalue weighted by molar-refractivity contribution is -0.200. The minimum absolute atomic E-state index is 0.139. The van der Waals surface area contributed by atoms with Crippen LogP contribution in [0, 0.1) is 0 Å². The van der Waals surface area contributed by atoms with Crippen molar-refractivity contribution in [1.29, 1.82) is 0 Å². The van der Waals surface area contributed by atoms with Gasteiger partial charge in [0.05, 0.1) is 11.9 Å². The van der Waals surface area contributed by atoms with Crippen molar-refractivity contribution in [1.82, 2.24) is 20.3 Å². The maximum atomic E-state index is 13.0. The fraction of sp³-hybridized carbons (Fsp3) is 0.433. The molecule has 1 aliphatic heterocycles. The Bertz CT molecular complexity index is 1200. The normalized spacial score (nSPS) is 15.7. The summed E-state index contributed by atoms with van der Waals surface area (Å²) < 4.78 is 13.6. The summed E-state index contributed by atoms with van der Waals surface area (Å²) in [6.07, 6.45) is 13.1. The minimum Gasteiger partial charge on any atom is -0.488 e. The van der Waals surface area contributed by atoms with E-state index in [1.807, 2.05) is 59.3 Å². The van der Waals surface area contributed by atoms with Crippen LogP contribution in [0.1, 0.15) is 51.4 Å². The number of imidazole rings is 1. The van der Waals surface area contributed by atoms with Gasteiger partial charge in [-0.25, -0.2) is 15.3 Å². The molecule has 0 radical (unpaired) electrons. The number of ether oxygens (including phenoxy) is 2. The topological polar surface area (TPSA) is 104 Å². The number of amides is 2. The van der Waals surface area contributed by atoms with E-state index in [2.05, 4.69) is 15.8 Å². The standard InChI is InChI=1S/C30H38N4O5/c35-28(33-39-29-16-6-7-21-37-29)15-3-1-2-11-25(30(36)32-17-9-19-34-20-18-31-23-34)22-38-27-14-8-12-24-10-4-5-13-26(24)27/h4-5,8,10-14,18,20,23,29H,1-3,6-7,9,15-17,19,21-22H2,(H,32,36)(H,33,35). The highest BCUT2D eigenvalue weighted by atomic mass is 16.8. The molecule has 0 bridgehead atoms. The number of carbonyl (C=O) groups is 2. The number of nitrogens with zero attached hydrogens (tertiary/aromatic N) is 2. The number of hydrogen-bond donors (Lipinski definition) is 2. The van der Waals surface area contributed by atoms with Crippen LogP contribution in [0.3, 0.4) is 0 Å². The molecule has 4 rings (SSSR count). The molecule has 1 saturated heterocycles. The second-order valence-corrected chi connectivity index (χ2v) is 9.59. The van der Waals surface area contributed by atoms with Crippen molar-refractivity contribution in [2.75, 3.05) is 19.8 Å². The van der Waals surface area contributed by atoms with E-state index < -0.39 is 0 Å². The molecule has 2 amide bonds. The van der Waals surface area contributed by atoms with Crippen LogP contribution in [-0.2, 0) is 25.7 Å². The highest BCUT2D eigenvalue weighted by molar-refractivity contribution is 5.94. The number of aromatic nitrogens is 2. The first-order valence-electron chi connectivity index (χ1n) is 13.8. The monoisotopic (exact) mass is 534 g/mol. The zero-order chi connectivity index (χ0) is 27.1. The summed E-state index contributed by atoms with van der Waals surface area (Å²) in [4.78, 5) is 34.5. The number of aryl methyl sites for hydroxylation is 1. The smallest absolute Gasteiger partial charge is 0.250 e. The van der Waals surface area contributed by atoms with Crippen LogP contribution in [0.5, 0.6) is 5.75 Å². The molecule has 2 N–H and O–H groups in total. The van der Waals surface area contributed by atoms with E-state index >= 15 is 0 Å². The maximum absolute atomic E-state index is 13.0. The number of fused-ring (bicyclic) bond motifs is 1. The van der Waals surface area contributed by atoms with Crippen LogP contribution in [0.2, 0.25) is 0 Å². The lowest BCUT2D eigenvalue weighted by Gasteiger charge is -2.22. The fourth-order valence-electron chi connectivity index (χ4n) is 4.38. The van der Waals surface area contributed by atoms with Crippen LogP contribution in [0.25, 0.3) is 10.8 Å². The van der Waals surface area contributed by atoms with Gasteiger partial charge >= 0.3 is 0 Å². The largest absolute Gasteiger partial charge is 0.488 e. The molecule has 39 heavy (non-hydrogen) atoms. The molecular formula is C30H38N4O5. The predicted octanol–water partition coefficient (Wildman–Crippen LogP) is 4.68. The van der Waals surface area contributed by atoms with Crippen LogP contribution in [-0.4, -0.2) is 47.4 Å². The number of rotatable bonds is 15. The first kappa shape index (κ1) is 28.3. The molecule has 0 saturated carbocycles. The fourth-order valence-corrected chi connectivity index (χ4v) is 4.38. The number of carbonyl (C=O) groups excluding carboxylic acids is 2. The second-order valence-electron chi connectivity index (χ2n) is 9.59. The van der Waals surface area contributed by atoms with Crippen molar-refractivity contribution in [3.8, 4) is 5.75 Å². The Kier molecular flexibility index (Phi) is 11.4. The van der Waals surface area contributed by atoms with Gasteiger partial charge in [-0.1, -0.05) is 42.5 Å². The van der Waals surface area contributed by atoms with Gasteiger partial charge in [0.1, 0.15) is 12.4 Å². The van der Waals surface area contributed by atoms with Gasteiger partial charge in [-0.15, -0.1) is 0 Å². The minimum atomic E-state index is -0.353. The van der Waals surface area contributed by atoms with Crippen molar-refractivity contribution >= 4 is 22.6 Å². The second kappa shape index (κ2) is 15.7. The summed E-state index contributed by atoms with van der Waals surface area (Å²) in [6.45, 7) is 2.16. The molecular weight excluding hydrogens is 496 g/mol. The molecule has 2 aromatic carbocycles. The Labute approximate surface area is 229 Å². The zero-order valence-corrected chi connectivity index (χ0v) is 22.3. The lowest BCUT2D eigenvalue weighted by atomic mass is 10.1. The molecule has 1 atom stereocenters. The highest BCUT2D eigenvalue weighted by Crippen LogP contribution is 2.25. The maximum Gasteiger partial charge on any atom is 0.250 e. The van der Waals surface area contributed by atoms with Crippen molar-refractivity contribution in [3.63, 3.8) is 0 Å². The van der Waals surface area contributed by atoms with E-state index in [1.54, 1.807) is 12.5 Å². The van der Waals surface area contributed by atoms with Gasteiger partial charge in [0, 0.05) is 50.3 Å². The van der Waals surface area contributed by atoms with E-state index in [0.29, 0.717) is 38.0 Å². The Morgan fingerprint density at radius 1 is 1.10 bits per heavy atom. The third-order valence-corrected chi connectivity index (χ3v) is 6.55. The Balaban J connectivity index is 1.25. The molecule has 3 aromatic rings. The van der Waals surface area contributed by atoms with Crippen molar-refractivity contribution in [3.05, 3.63) is 72.8 Å². The van der Waals surface area contributed by atoms with Gasteiger partial charge in [-0.05, 0) is 50.0 Å². The summed E-state index contributed by atoms with van der Waals surface area (Å²) in [7, 11) is 0. The summed E-state index contributed by atoms with van der Waals surface area (Å²) in [5.74, 6) is 0.438. The van der Waals surface area contributed by atoms with E-state index in [4.69, 9.17) is 14.3 Å². The molecule has 0 aliphatic carbocycles. The number of nitrogens with one attached hydrogen (secondary N) is 2. The van der Waals surface area contributed by atoms with E-state index in [-0.39, 0.29) is 24.7 Å². The van der Waals surface area contributed by atoms with Crippen LogP contribution >= 0.6 is 0 Å². The summed E-state index contributed by atoms with van der Waals surface area (Å²) in [6, 6.07) is 13.9. The molecule has 1 unspecified atom stereocenters. The number of allylic oxidation sites excluding steroid dienone is 1. The van der Waals surface area contributed by atoms with E-state index in [1.165, 1.54) is 0 Å². The van der Waals surface area contributed by atoms with E-state index in [0.717, 1.165) is 55.2 Å². The first-order valence-corrected chi connectivity index (χ1v) is 13.8. The van der Waals surface area contributed by atoms with Crippen molar-refractivity contribution in [2.45, 2.75) is 64.2 Å². The van der Waals surface area contributed by atoms with Crippen molar-refractivity contribution in [2.24, 2.45) is 0 Å². The quantitative estimate of drug-likeness (QED) is 0.167. The molecule has 9 nitrogen and oxygen atoms in total. The Morgan fingerprint density at radius 2 is 2.00 bits per heavy atom. The predicted molar refractivity (Wildman–Crippen MR) is 149 cm³/mol. The molecule has 2 heterocycles. The van der Waals surface area contributed by atoms with E-state index in [9.17, 15) is 9.59 Å².